The van der Waals surface area contributed by atoms with Gasteiger partial charge in [0.1, 0.15) is 5.56 Å². The summed E-state index contributed by atoms with van der Waals surface area (Å²) in [6.07, 6.45) is 2.11. The minimum Gasteiger partial charge on any atom is -0.449 e. The molecule has 1 atom stereocenters. The van der Waals surface area contributed by atoms with Gasteiger partial charge in [0.25, 0.3) is 5.91 Å². The van der Waals surface area contributed by atoms with Gasteiger partial charge in [-0.05, 0) is 44.5 Å². The maximum atomic E-state index is 12.5. The molecular formula is C20H20N4O3. The summed E-state index contributed by atoms with van der Waals surface area (Å²) in [6.45, 7) is 5.17. The molecule has 2 heterocycles. The third kappa shape index (κ3) is 4.03. The molecule has 138 valence electrons. The first-order valence-electron chi connectivity index (χ1n) is 8.51. The van der Waals surface area contributed by atoms with Gasteiger partial charge in [-0.15, -0.1) is 0 Å². The molecule has 1 aromatic carbocycles. The van der Waals surface area contributed by atoms with E-state index in [0.717, 1.165) is 5.56 Å². The largest absolute Gasteiger partial charge is 0.449 e. The molecule has 3 aromatic rings. The fraction of sp³-hybridized carbons (Fsp3) is 0.200. The molecule has 1 unspecified atom stereocenters. The summed E-state index contributed by atoms with van der Waals surface area (Å²) in [5.41, 5.74) is 2.49. The standard InChI is InChI=1S/C20H20N4O3/c1-13-8-4-5-9-17(13)23-19(25)15(3)27-20(26)16-12-22-24(14(16)2)18-10-6-7-11-21-18/h4-12,15H,1-3H3,(H,23,25). The number of aryl methyl sites for hydroxylation is 1. The van der Waals surface area contributed by atoms with E-state index in [0.29, 0.717) is 17.2 Å². The van der Waals surface area contributed by atoms with Crippen molar-refractivity contribution in [1.82, 2.24) is 14.8 Å². The van der Waals surface area contributed by atoms with Crippen LogP contribution in [0.4, 0.5) is 5.69 Å². The fourth-order valence-corrected chi connectivity index (χ4v) is 2.55. The van der Waals surface area contributed by atoms with Crippen LogP contribution in [0.5, 0.6) is 0 Å². The van der Waals surface area contributed by atoms with Gasteiger partial charge in [-0.3, -0.25) is 4.79 Å². The smallest absolute Gasteiger partial charge is 0.342 e. The second kappa shape index (κ2) is 7.82. The number of ether oxygens (including phenoxy) is 1. The van der Waals surface area contributed by atoms with Crippen LogP contribution in [0.15, 0.2) is 54.9 Å². The first-order valence-corrected chi connectivity index (χ1v) is 8.51. The molecular weight excluding hydrogens is 344 g/mol. The van der Waals surface area contributed by atoms with E-state index in [1.807, 2.05) is 31.2 Å². The maximum absolute atomic E-state index is 12.5. The molecule has 7 heteroatoms. The lowest BCUT2D eigenvalue weighted by Gasteiger charge is -2.14. The molecule has 2 aromatic heterocycles. The van der Waals surface area contributed by atoms with Crippen LogP contribution in [-0.2, 0) is 9.53 Å². The lowest BCUT2D eigenvalue weighted by Crippen LogP contribution is -2.30. The molecule has 0 bridgehead atoms. The molecule has 0 saturated heterocycles. The first-order chi connectivity index (χ1) is 13.0. The number of hydrogen-bond acceptors (Lipinski definition) is 5. The minimum atomic E-state index is -0.949. The highest BCUT2D eigenvalue weighted by atomic mass is 16.5. The van der Waals surface area contributed by atoms with Crippen molar-refractivity contribution in [2.24, 2.45) is 0 Å². The first kappa shape index (κ1) is 18.3. The molecule has 0 aliphatic rings. The van der Waals surface area contributed by atoms with Crippen molar-refractivity contribution in [2.45, 2.75) is 26.9 Å². The van der Waals surface area contributed by atoms with Crippen molar-refractivity contribution in [1.29, 1.82) is 0 Å². The lowest BCUT2D eigenvalue weighted by molar-refractivity contribution is -0.123. The molecule has 0 aliphatic heterocycles. The highest BCUT2D eigenvalue weighted by molar-refractivity contribution is 5.98. The molecule has 0 aliphatic carbocycles. The number of anilines is 1. The van der Waals surface area contributed by atoms with Gasteiger partial charge in [0.05, 0.1) is 11.9 Å². The number of nitrogens with one attached hydrogen (secondary N) is 1. The van der Waals surface area contributed by atoms with Gasteiger partial charge >= 0.3 is 5.97 Å². The summed E-state index contributed by atoms with van der Waals surface area (Å²) >= 11 is 0. The number of rotatable bonds is 5. The van der Waals surface area contributed by atoms with Gasteiger partial charge in [-0.25, -0.2) is 14.5 Å². The average Bonchev–Trinajstić information content (AvgIpc) is 3.05. The third-order valence-electron chi connectivity index (χ3n) is 4.15. The van der Waals surface area contributed by atoms with Crippen molar-refractivity contribution >= 4 is 17.6 Å². The lowest BCUT2D eigenvalue weighted by atomic mass is 10.2. The minimum absolute atomic E-state index is 0.288. The van der Waals surface area contributed by atoms with Crippen LogP contribution >= 0.6 is 0 Å². The van der Waals surface area contributed by atoms with Crippen LogP contribution in [0, 0.1) is 13.8 Å². The van der Waals surface area contributed by atoms with Crippen LogP contribution < -0.4 is 5.32 Å². The van der Waals surface area contributed by atoms with Crippen LogP contribution in [0.3, 0.4) is 0 Å². The van der Waals surface area contributed by atoms with Crippen LogP contribution in [0.2, 0.25) is 0 Å². The predicted octanol–water partition coefficient (Wildman–Crippen LogP) is 3.07. The SMILES string of the molecule is Cc1ccccc1NC(=O)C(C)OC(=O)c1cnn(-c2ccccn2)c1C. The van der Waals surface area contributed by atoms with Crippen molar-refractivity contribution in [3.63, 3.8) is 0 Å². The molecule has 0 radical (unpaired) electrons. The van der Waals surface area contributed by atoms with Crippen molar-refractivity contribution in [3.05, 3.63) is 71.7 Å². The van der Waals surface area contributed by atoms with Crippen molar-refractivity contribution in [2.75, 3.05) is 5.32 Å². The Kier molecular flexibility index (Phi) is 5.30. The van der Waals surface area contributed by atoms with E-state index in [1.165, 1.54) is 13.1 Å². The second-order valence-electron chi connectivity index (χ2n) is 6.10. The number of nitrogens with zero attached hydrogens (tertiary/aromatic N) is 3. The van der Waals surface area contributed by atoms with E-state index < -0.39 is 18.0 Å². The van der Waals surface area contributed by atoms with Gasteiger partial charge in [0.2, 0.25) is 0 Å². The molecule has 7 nitrogen and oxygen atoms in total. The second-order valence-corrected chi connectivity index (χ2v) is 6.10. The highest BCUT2D eigenvalue weighted by Crippen LogP contribution is 2.16. The average molecular weight is 364 g/mol. The third-order valence-corrected chi connectivity index (χ3v) is 4.15. The fourth-order valence-electron chi connectivity index (χ4n) is 2.55. The summed E-state index contributed by atoms with van der Waals surface area (Å²) in [5.74, 6) is -0.408. The van der Waals surface area contributed by atoms with Crippen molar-refractivity contribution < 1.29 is 14.3 Å². The topological polar surface area (TPSA) is 86.1 Å². The molecule has 27 heavy (non-hydrogen) atoms. The summed E-state index contributed by atoms with van der Waals surface area (Å²) < 4.78 is 6.87. The van der Waals surface area contributed by atoms with E-state index >= 15 is 0 Å². The highest BCUT2D eigenvalue weighted by Gasteiger charge is 2.23. The van der Waals surface area contributed by atoms with E-state index in [2.05, 4.69) is 15.4 Å². The van der Waals surface area contributed by atoms with E-state index in [-0.39, 0.29) is 5.56 Å². The molecule has 1 N–H and O–H groups in total. The van der Waals surface area contributed by atoms with E-state index in [4.69, 9.17) is 4.74 Å². The van der Waals surface area contributed by atoms with Crippen LogP contribution in [-0.4, -0.2) is 32.7 Å². The number of hydrogen-bond donors (Lipinski definition) is 1. The van der Waals surface area contributed by atoms with Crippen LogP contribution in [0.1, 0.15) is 28.5 Å². The zero-order valence-electron chi connectivity index (χ0n) is 15.3. The van der Waals surface area contributed by atoms with Crippen LogP contribution in [0.25, 0.3) is 5.82 Å². The summed E-state index contributed by atoms with van der Waals surface area (Å²) in [7, 11) is 0. The Hall–Kier alpha value is -3.48. The van der Waals surface area contributed by atoms with Gasteiger partial charge in [-0.2, -0.15) is 5.10 Å². The number of esters is 1. The molecule has 1 amide bonds. The van der Waals surface area contributed by atoms with Gasteiger partial charge in [0.15, 0.2) is 11.9 Å². The number of amides is 1. The zero-order valence-corrected chi connectivity index (χ0v) is 15.3. The summed E-state index contributed by atoms with van der Waals surface area (Å²) in [5, 5.41) is 6.96. The maximum Gasteiger partial charge on any atom is 0.342 e. The Balaban J connectivity index is 1.69. The molecule has 3 rings (SSSR count). The number of aromatic nitrogens is 3. The summed E-state index contributed by atoms with van der Waals surface area (Å²) in [6, 6.07) is 12.8. The van der Waals surface area contributed by atoms with Gasteiger partial charge in [-0.1, -0.05) is 24.3 Å². The molecule has 0 fully saturated rings. The Labute approximate surface area is 157 Å². The van der Waals surface area contributed by atoms with E-state index in [9.17, 15) is 9.59 Å². The Morgan fingerprint density at radius 2 is 1.85 bits per heavy atom. The number of para-hydroxylation sites is 1. The number of benzene rings is 1. The number of carbonyl (C=O) groups excluding carboxylic acids is 2. The van der Waals surface area contributed by atoms with Crippen molar-refractivity contribution in [3.8, 4) is 5.82 Å². The van der Waals surface area contributed by atoms with Gasteiger partial charge < -0.3 is 10.1 Å². The Morgan fingerprint density at radius 1 is 1.11 bits per heavy atom. The Morgan fingerprint density at radius 3 is 2.56 bits per heavy atom. The zero-order chi connectivity index (χ0) is 19.4. The Bertz CT molecular complexity index is 966. The molecule has 0 saturated carbocycles. The quantitative estimate of drug-likeness (QED) is 0.703. The number of pyridine rings is 1. The predicted molar refractivity (Wildman–Crippen MR) is 101 cm³/mol. The molecule has 0 spiro atoms. The monoisotopic (exact) mass is 364 g/mol. The van der Waals surface area contributed by atoms with E-state index in [1.54, 1.807) is 36.0 Å². The van der Waals surface area contributed by atoms with Gasteiger partial charge in [0, 0.05) is 11.9 Å². The summed E-state index contributed by atoms with van der Waals surface area (Å²) in [4.78, 5) is 29.0. The normalized spacial score (nSPS) is 11.7. The number of carbonyl (C=O) groups is 2.